The number of nitrogens with zero attached hydrogens (tertiary/aromatic N) is 2. The van der Waals surface area contributed by atoms with Crippen molar-refractivity contribution in [3.8, 4) is 0 Å². The van der Waals surface area contributed by atoms with Gasteiger partial charge in [-0.25, -0.2) is 0 Å². The molecule has 0 unspecified atom stereocenters. The minimum Gasteiger partial charge on any atom is -0.381 e. The van der Waals surface area contributed by atoms with E-state index in [0.29, 0.717) is 18.8 Å². The third-order valence-electron chi connectivity index (χ3n) is 6.45. The fourth-order valence-electron chi connectivity index (χ4n) is 3.68. The normalized spacial score (nSPS) is 13.3. The van der Waals surface area contributed by atoms with Gasteiger partial charge in [0.05, 0.1) is 0 Å². The molecule has 0 fully saturated rings. The molecule has 0 spiro atoms. The SMILES string of the molecule is C=C/C(=C\C)CNC(/C=C(\C)N(C)CCN(C=O)C(C)(C)C)=C(C)/C(=C/CCC)C(C)=N.CCCC(C)C. The first kappa shape index (κ1) is 37.6. The van der Waals surface area contributed by atoms with Crippen LogP contribution in [0.4, 0.5) is 0 Å². The number of likely N-dealkylation sites (N-methyl/N-ethyl adjacent to an activating group) is 1. The molecule has 0 saturated carbocycles. The van der Waals surface area contributed by atoms with Crippen LogP contribution in [0.5, 0.6) is 0 Å². The lowest BCUT2D eigenvalue weighted by molar-refractivity contribution is -0.122. The van der Waals surface area contributed by atoms with Crippen LogP contribution in [0.15, 0.2) is 59.0 Å². The second-order valence-corrected chi connectivity index (χ2v) is 11.4. The summed E-state index contributed by atoms with van der Waals surface area (Å²) in [7, 11) is 2.04. The zero-order chi connectivity index (χ0) is 29.9. The number of nitrogens with one attached hydrogen (secondary N) is 2. The van der Waals surface area contributed by atoms with E-state index in [9.17, 15) is 4.79 Å². The molecule has 0 aliphatic heterocycles. The van der Waals surface area contributed by atoms with E-state index in [1.807, 2.05) is 58.7 Å². The number of rotatable bonds is 16. The molecule has 0 aliphatic rings. The van der Waals surface area contributed by atoms with E-state index in [2.05, 4.69) is 70.5 Å². The van der Waals surface area contributed by atoms with E-state index in [1.54, 1.807) is 0 Å². The number of unbranched alkanes of at least 4 members (excludes halogenated alkanes) is 1. The van der Waals surface area contributed by atoms with Gasteiger partial charge in [-0.2, -0.15) is 0 Å². The van der Waals surface area contributed by atoms with Gasteiger partial charge < -0.3 is 20.5 Å². The molecule has 0 aromatic heterocycles. The number of hydrogen-bond acceptors (Lipinski definition) is 4. The molecule has 0 aromatic rings. The largest absolute Gasteiger partial charge is 0.381 e. The summed E-state index contributed by atoms with van der Waals surface area (Å²) in [5.74, 6) is 0.898. The molecule has 0 aromatic carbocycles. The molecule has 38 heavy (non-hydrogen) atoms. The van der Waals surface area contributed by atoms with Crippen LogP contribution < -0.4 is 5.32 Å². The molecule has 0 aliphatic carbocycles. The zero-order valence-electron chi connectivity index (χ0n) is 26.9. The van der Waals surface area contributed by atoms with Crippen molar-refractivity contribution in [2.75, 3.05) is 26.7 Å². The number of hydrogen-bond donors (Lipinski definition) is 2. The molecule has 5 nitrogen and oxygen atoms in total. The van der Waals surface area contributed by atoms with Gasteiger partial charge in [0.2, 0.25) is 6.41 Å². The highest BCUT2D eigenvalue weighted by molar-refractivity contribution is 5.99. The van der Waals surface area contributed by atoms with Crippen LogP contribution in [-0.2, 0) is 4.79 Å². The van der Waals surface area contributed by atoms with Crippen molar-refractivity contribution in [1.29, 1.82) is 5.41 Å². The highest BCUT2D eigenvalue weighted by Gasteiger charge is 2.19. The van der Waals surface area contributed by atoms with Crippen molar-refractivity contribution in [2.45, 2.75) is 107 Å². The van der Waals surface area contributed by atoms with Crippen LogP contribution in [0.1, 0.15) is 102 Å². The van der Waals surface area contributed by atoms with E-state index in [0.717, 1.165) is 59.8 Å². The van der Waals surface area contributed by atoms with Gasteiger partial charge >= 0.3 is 0 Å². The summed E-state index contributed by atoms with van der Waals surface area (Å²) in [6, 6.07) is 0. The Balaban J connectivity index is 0. The predicted molar refractivity (Wildman–Crippen MR) is 170 cm³/mol. The van der Waals surface area contributed by atoms with Crippen molar-refractivity contribution in [2.24, 2.45) is 5.92 Å². The Kier molecular flexibility index (Phi) is 20.2. The van der Waals surface area contributed by atoms with Crippen LogP contribution in [0.25, 0.3) is 0 Å². The van der Waals surface area contributed by atoms with Crippen molar-refractivity contribution < 1.29 is 4.79 Å². The van der Waals surface area contributed by atoms with E-state index in [1.165, 1.54) is 12.8 Å². The first-order valence-electron chi connectivity index (χ1n) is 14.3. The summed E-state index contributed by atoms with van der Waals surface area (Å²) in [5, 5.41) is 11.8. The van der Waals surface area contributed by atoms with Gasteiger partial charge in [-0.3, -0.25) is 4.79 Å². The molecule has 2 N–H and O–H groups in total. The molecule has 5 heteroatoms. The minimum atomic E-state index is -0.197. The molecule has 1 amide bonds. The van der Waals surface area contributed by atoms with E-state index in [-0.39, 0.29) is 5.54 Å². The van der Waals surface area contributed by atoms with Crippen LogP contribution in [0.3, 0.4) is 0 Å². The maximum Gasteiger partial charge on any atom is 0.210 e. The Hall–Kier alpha value is -2.56. The van der Waals surface area contributed by atoms with E-state index < -0.39 is 0 Å². The second kappa shape index (κ2) is 20.4. The molecule has 0 bridgehead atoms. The molecular weight excluding hydrogens is 468 g/mol. The fraction of sp³-hybridized carbons (Fsp3) is 0.636. The van der Waals surface area contributed by atoms with Gasteiger partial charge in [0.15, 0.2) is 0 Å². The third-order valence-corrected chi connectivity index (χ3v) is 6.45. The summed E-state index contributed by atoms with van der Waals surface area (Å²) >= 11 is 0. The lowest BCUT2D eigenvalue weighted by atomic mass is 9.99. The summed E-state index contributed by atoms with van der Waals surface area (Å²) in [4.78, 5) is 15.5. The number of carbonyl (C=O) groups excluding carboxylic acids is 1. The molecule has 0 saturated heterocycles. The van der Waals surface area contributed by atoms with Gasteiger partial charge in [-0.1, -0.05) is 71.8 Å². The topological polar surface area (TPSA) is 59.4 Å². The standard InChI is InChI=1S/C27H46N4O.C6H14/c1-11-14-15-25(23(6)28)22(5)26(29-19-24(12-2)13-3)18-21(4)30(10)16-17-31(20-32)27(7,8)9;1-4-5-6(2)3/h12-13,15,18,20,28-29H,2,11,14,16-17,19H2,1,3-10H3;6H,4-5H2,1-3H3/b21-18+,24-13+,25-15-,26-22+,28-23?;. The van der Waals surface area contributed by atoms with Crippen LogP contribution >= 0.6 is 0 Å². The minimum absolute atomic E-state index is 0.197. The smallest absolute Gasteiger partial charge is 0.210 e. The average Bonchev–Trinajstić information content (AvgIpc) is 2.83. The lowest BCUT2D eigenvalue weighted by Gasteiger charge is -2.34. The Labute approximate surface area is 236 Å². The predicted octanol–water partition coefficient (Wildman–Crippen LogP) is 8.28. The Morgan fingerprint density at radius 3 is 2.05 bits per heavy atom. The quantitative estimate of drug-likeness (QED) is 0.120. The third kappa shape index (κ3) is 16.3. The second-order valence-electron chi connectivity index (χ2n) is 11.4. The first-order valence-corrected chi connectivity index (χ1v) is 14.3. The molecule has 0 radical (unpaired) electrons. The highest BCUT2D eigenvalue weighted by atomic mass is 16.1. The van der Waals surface area contributed by atoms with Crippen LogP contribution in [0, 0.1) is 11.3 Å². The summed E-state index contributed by atoms with van der Waals surface area (Å²) in [5.41, 5.74) is 5.60. The Morgan fingerprint density at radius 1 is 1.08 bits per heavy atom. The molecule has 218 valence electrons. The molecular formula is C33H60N4O. The monoisotopic (exact) mass is 528 g/mol. The molecule has 0 atom stereocenters. The molecule has 0 heterocycles. The first-order chi connectivity index (χ1) is 17.7. The van der Waals surface area contributed by atoms with Crippen molar-refractivity contribution in [1.82, 2.24) is 15.1 Å². The van der Waals surface area contributed by atoms with Gasteiger partial charge in [0, 0.05) is 49.3 Å². The highest BCUT2D eigenvalue weighted by Crippen LogP contribution is 2.19. The Bertz CT molecular complexity index is 838. The maximum atomic E-state index is 11.5. The number of allylic oxidation sites excluding steroid dienone is 6. The van der Waals surface area contributed by atoms with Crippen molar-refractivity contribution >= 4 is 12.1 Å². The van der Waals surface area contributed by atoms with Crippen LogP contribution in [-0.4, -0.2) is 54.1 Å². The maximum absolute atomic E-state index is 11.5. The summed E-state index contributed by atoms with van der Waals surface area (Å²) in [6.07, 6.45) is 13.8. The molecule has 0 rings (SSSR count). The Morgan fingerprint density at radius 2 is 1.68 bits per heavy atom. The zero-order valence-corrected chi connectivity index (χ0v) is 26.9. The van der Waals surface area contributed by atoms with E-state index >= 15 is 0 Å². The van der Waals surface area contributed by atoms with Gasteiger partial charge in [0.1, 0.15) is 0 Å². The summed E-state index contributed by atoms with van der Waals surface area (Å²) < 4.78 is 0. The average molecular weight is 529 g/mol. The van der Waals surface area contributed by atoms with Gasteiger partial charge in [0.25, 0.3) is 0 Å². The number of carbonyl (C=O) groups is 1. The van der Waals surface area contributed by atoms with Crippen molar-refractivity contribution in [3.63, 3.8) is 0 Å². The van der Waals surface area contributed by atoms with Crippen molar-refractivity contribution in [3.05, 3.63) is 59.0 Å². The number of amides is 1. The lowest BCUT2D eigenvalue weighted by Crippen LogP contribution is -2.44. The van der Waals surface area contributed by atoms with Gasteiger partial charge in [-0.05, 0) is 83.6 Å². The van der Waals surface area contributed by atoms with Crippen LogP contribution in [0.2, 0.25) is 0 Å². The van der Waals surface area contributed by atoms with E-state index in [4.69, 9.17) is 5.41 Å². The van der Waals surface area contributed by atoms with Gasteiger partial charge in [-0.15, -0.1) is 0 Å². The summed E-state index contributed by atoms with van der Waals surface area (Å²) in [6.45, 7) is 28.9. The fourth-order valence-corrected chi connectivity index (χ4v) is 3.68.